The van der Waals surface area contributed by atoms with Crippen molar-refractivity contribution >= 4 is 11.9 Å². The molecule has 1 rings (SSSR count). The van der Waals surface area contributed by atoms with Crippen LogP contribution in [-0.2, 0) is 4.79 Å². The lowest BCUT2D eigenvalue weighted by atomic mass is 10.1. The van der Waals surface area contributed by atoms with Gasteiger partial charge in [-0.2, -0.15) is 0 Å². The number of hydrogen-bond acceptors (Lipinski definition) is 3. The summed E-state index contributed by atoms with van der Waals surface area (Å²) in [6.07, 6.45) is 4.78. The maximum Gasteiger partial charge on any atom is 0.327 e. The van der Waals surface area contributed by atoms with Crippen LogP contribution in [0.5, 0.6) is 5.75 Å². The predicted octanol–water partition coefficient (Wildman–Crippen LogP) is 0.738. The standard InChI is InChI=1S/C12H10FNO4/c1-2-3-9(12(17)18)14-11(16)8-5-4-7(13)6-10(8)15/h1,4-6,9,15H,3H2,(H,14,16)(H,17,18). The number of phenols is 1. The molecule has 94 valence electrons. The molecule has 0 aliphatic heterocycles. The van der Waals surface area contributed by atoms with Crippen molar-refractivity contribution in [2.24, 2.45) is 0 Å². The Bertz CT molecular complexity index is 521. The molecule has 0 spiro atoms. The van der Waals surface area contributed by atoms with Crippen LogP contribution < -0.4 is 5.32 Å². The minimum Gasteiger partial charge on any atom is -0.507 e. The lowest BCUT2D eigenvalue weighted by Gasteiger charge is -2.12. The zero-order valence-corrected chi connectivity index (χ0v) is 9.18. The van der Waals surface area contributed by atoms with Gasteiger partial charge in [0.25, 0.3) is 5.91 Å². The number of amides is 1. The van der Waals surface area contributed by atoms with E-state index in [1.807, 2.05) is 0 Å². The van der Waals surface area contributed by atoms with Crippen LogP contribution in [0, 0.1) is 18.2 Å². The Labute approximate surface area is 102 Å². The van der Waals surface area contributed by atoms with E-state index in [-0.39, 0.29) is 12.0 Å². The monoisotopic (exact) mass is 251 g/mol. The molecule has 1 amide bonds. The van der Waals surface area contributed by atoms with E-state index >= 15 is 0 Å². The molecule has 0 saturated heterocycles. The average molecular weight is 251 g/mol. The average Bonchev–Trinajstić information content (AvgIpc) is 2.27. The molecule has 0 bridgehead atoms. The summed E-state index contributed by atoms with van der Waals surface area (Å²) < 4.78 is 12.7. The third-order valence-electron chi connectivity index (χ3n) is 2.13. The number of halogens is 1. The van der Waals surface area contributed by atoms with E-state index in [1.165, 1.54) is 0 Å². The SMILES string of the molecule is C#CCC(NC(=O)c1ccc(F)cc1O)C(=O)O. The highest BCUT2D eigenvalue weighted by molar-refractivity contribution is 5.98. The highest BCUT2D eigenvalue weighted by atomic mass is 19.1. The molecule has 1 aromatic rings. The molecule has 1 aromatic carbocycles. The van der Waals surface area contributed by atoms with E-state index in [1.54, 1.807) is 0 Å². The quantitative estimate of drug-likeness (QED) is 0.689. The van der Waals surface area contributed by atoms with Gasteiger partial charge in [-0.1, -0.05) is 0 Å². The number of aromatic hydroxyl groups is 1. The van der Waals surface area contributed by atoms with Gasteiger partial charge in [-0.15, -0.1) is 12.3 Å². The fraction of sp³-hybridized carbons (Fsp3) is 0.167. The maximum absolute atomic E-state index is 12.7. The Morgan fingerprint density at radius 1 is 1.50 bits per heavy atom. The van der Waals surface area contributed by atoms with Crippen LogP contribution in [0.25, 0.3) is 0 Å². The van der Waals surface area contributed by atoms with Crippen molar-refractivity contribution in [3.63, 3.8) is 0 Å². The number of hydrogen-bond donors (Lipinski definition) is 3. The normalized spacial score (nSPS) is 11.3. The zero-order chi connectivity index (χ0) is 13.7. The number of carboxylic acid groups (broad SMARTS) is 1. The van der Waals surface area contributed by atoms with Gasteiger partial charge in [0.15, 0.2) is 0 Å². The Kier molecular flexibility index (Phi) is 4.27. The molecule has 1 atom stereocenters. The Hall–Kier alpha value is -2.55. The molecule has 0 heterocycles. The van der Waals surface area contributed by atoms with Gasteiger partial charge in [0.2, 0.25) is 0 Å². The summed E-state index contributed by atoms with van der Waals surface area (Å²) in [4.78, 5) is 22.4. The lowest BCUT2D eigenvalue weighted by Crippen LogP contribution is -2.40. The van der Waals surface area contributed by atoms with Gasteiger partial charge in [0.1, 0.15) is 17.6 Å². The van der Waals surface area contributed by atoms with E-state index in [4.69, 9.17) is 11.5 Å². The Morgan fingerprint density at radius 3 is 2.67 bits per heavy atom. The van der Waals surface area contributed by atoms with Crippen LogP contribution in [0.1, 0.15) is 16.8 Å². The summed E-state index contributed by atoms with van der Waals surface area (Å²) >= 11 is 0. The Morgan fingerprint density at radius 2 is 2.17 bits per heavy atom. The van der Waals surface area contributed by atoms with Gasteiger partial charge >= 0.3 is 5.97 Å². The summed E-state index contributed by atoms with van der Waals surface area (Å²) in [7, 11) is 0. The minimum atomic E-state index is -1.29. The molecule has 6 heteroatoms. The first-order valence-electron chi connectivity index (χ1n) is 4.91. The number of terminal acetylenes is 1. The first-order valence-corrected chi connectivity index (χ1v) is 4.91. The zero-order valence-electron chi connectivity index (χ0n) is 9.18. The number of aliphatic carboxylic acids is 1. The molecular formula is C12H10FNO4. The second-order valence-electron chi connectivity index (χ2n) is 3.43. The van der Waals surface area contributed by atoms with Crippen LogP contribution in [0.15, 0.2) is 18.2 Å². The summed E-state index contributed by atoms with van der Waals surface area (Å²) in [5.41, 5.74) is -0.223. The van der Waals surface area contributed by atoms with Gasteiger partial charge in [-0.3, -0.25) is 4.79 Å². The number of nitrogens with one attached hydrogen (secondary N) is 1. The van der Waals surface area contributed by atoms with Gasteiger partial charge in [0, 0.05) is 12.5 Å². The van der Waals surface area contributed by atoms with Gasteiger partial charge in [0.05, 0.1) is 5.56 Å². The molecule has 3 N–H and O–H groups in total. The first kappa shape index (κ1) is 13.5. The van der Waals surface area contributed by atoms with Crippen molar-refractivity contribution < 1.29 is 24.2 Å². The smallest absolute Gasteiger partial charge is 0.327 e. The number of rotatable bonds is 4. The number of carboxylic acids is 1. The molecule has 0 aliphatic carbocycles. The van der Waals surface area contributed by atoms with Gasteiger partial charge in [-0.05, 0) is 12.1 Å². The van der Waals surface area contributed by atoms with Crippen LogP contribution in [0.2, 0.25) is 0 Å². The summed E-state index contributed by atoms with van der Waals surface area (Å²) in [6.45, 7) is 0. The van der Waals surface area contributed by atoms with Crippen molar-refractivity contribution in [2.75, 3.05) is 0 Å². The summed E-state index contributed by atoms with van der Waals surface area (Å²) in [5, 5.41) is 20.3. The fourth-order valence-electron chi connectivity index (χ4n) is 1.25. The largest absolute Gasteiger partial charge is 0.507 e. The van der Waals surface area contributed by atoms with Crippen molar-refractivity contribution in [1.82, 2.24) is 5.32 Å². The van der Waals surface area contributed by atoms with Crippen LogP contribution in [-0.4, -0.2) is 28.1 Å². The first-order chi connectivity index (χ1) is 8.45. The second kappa shape index (κ2) is 5.68. The number of benzene rings is 1. The van der Waals surface area contributed by atoms with Gasteiger partial charge < -0.3 is 15.5 Å². The van der Waals surface area contributed by atoms with Crippen molar-refractivity contribution in [3.8, 4) is 18.1 Å². The van der Waals surface area contributed by atoms with Crippen LogP contribution >= 0.6 is 0 Å². The predicted molar refractivity (Wildman–Crippen MR) is 60.4 cm³/mol. The number of phenolic OH excluding ortho intramolecular Hbond substituents is 1. The molecular weight excluding hydrogens is 241 g/mol. The third-order valence-corrected chi connectivity index (χ3v) is 2.13. The fourth-order valence-corrected chi connectivity index (χ4v) is 1.25. The van der Waals surface area contributed by atoms with Crippen molar-refractivity contribution in [2.45, 2.75) is 12.5 Å². The summed E-state index contributed by atoms with van der Waals surface area (Å²) in [5.74, 6) is -1.29. The number of carbonyl (C=O) groups is 2. The van der Waals surface area contributed by atoms with E-state index in [2.05, 4.69) is 11.2 Å². The van der Waals surface area contributed by atoms with E-state index in [9.17, 15) is 19.1 Å². The number of carbonyl (C=O) groups excluding carboxylic acids is 1. The topological polar surface area (TPSA) is 86.6 Å². The molecule has 18 heavy (non-hydrogen) atoms. The minimum absolute atomic E-state index is 0.191. The van der Waals surface area contributed by atoms with Crippen LogP contribution in [0.4, 0.5) is 4.39 Å². The Balaban J connectivity index is 2.87. The molecule has 0 aliphatic rings. The highest BCUT2D eigenvalue weighted by Crippen LogP contribution is 2.18. The molecule has 0 radical (unpaired) electrons. The van der Waals surface area contributed by atoms with E-state index < -0.39 is 29.5 Å². The maximum atomic E-state index is 12.7. The van der Waals surface area contributed by atoms with Gasteiger partial charge in [-0.25, -0.2) is 9.18 Å². The molecule has 1 unspecified atom stereocenters. The summed E-state index contributed by atoms with van der Waals surface area (Å²) in [6, 6.07) is 1.53. The highest BCUT2D eigenvalue weighted by Gasteiger charge is 2.21. The molecule has 0 aromatic heterocycles. The molecule has 5 nitrogen and oxygen atoms in total. The molecule has 0 saturated carbocycles. The third kappa shape index (κ3) is 3.22. The second-order valence-corrected chi connectivity index (χ2v) is 3.43. The van der Waals surface area contributed by atoms with Crippen molar-refractivity contribution in [1.29, 1.82) is 0 Å². The van der Waals surface area contributed by atoms with E-state index in [0.29, 0.717) is 0 Å². The van der Waals surface area contributed by atoms with Crippen LogP contribution in [0.3, 0.4) is 0 Å². The van der Waals surface area contributed by atoms with Crippen molar-refractivity contribution in [3.05, 3.63) is 29.6 Å². The van der Waals surface area contributed by atoms with E-state index in [0.717, 1.165) is 18.2 Å². The molecule has 0 fully saturated rings. The lowest BCUT2D eigenvalue weighted by molar-refractivity contribution is -0.139.